The first kappa shape index (κ1) is 27.2. The molecule has 0 unspecified atom stereocenters. The zero-order chi connectivity index (χ0) is 31.2. The lowest BCUT2D eigenvalue weighted by molar-refractivity contribution is -0.758. The average molecular weight is 597 g/mol. The van der Waals surface area contributed by atoms with Gasteiger partial charge < -0.3 is 9.13 Å². The Bertz CT molecular complexity index is 2490. The van der Waals surface area contributed by atoms with Crippen LogP contribution in [-0.4, -0.2) is 9.13 Å². The minimum absolute atomic E-state index is 0.116. The normalized spacial score (nSPS) is 13.9. The van der Waals surface area contributed by atoms with Gasteiger partial charge in [0.2, 0.25) is 5.69 Å². The summed E-state index contributed by atoms with van der Waals surface area (Å²) in [4.78, 5) is 0. The van der Waals surface area contributed by atoms with E-state index >= 15 is 0 Å². The molecule has 3 aromatic heterocycles. The van der Waals surface area contributed by atoms with E-state index in [9.17, 15) is 0 Å². The van der Waals surface area contributed by atoms with E-state index < -0.39 is 0 Å². The molecule has 1 aliphatic rings. The van der Waals surface area contributed by atoms with E-state index in [2.05, 4.69) is 163 Å². The van der Waals surface area contributed by atoms with E-state index in [1.54, 1.807) is 0 Å². The lowest BCUT2D eigenvalue weighted by Gasteiger charge is -2.33. The van der Waals surface area contributed by atoms with Crippen LogP contribution in [0, 0.1) is 13.8 Å². The van der Waals surface area contributed by atoms with Gasteiger partial charge in [0.25, 0.3) is 0 Å². The molecule has 224 valence electrons. The van der Waals surface area contributed by atoms with Gasteiger partial charge in [-0.2, -0.15) is 4.57 Å². The molecule has 0 amide bonds. The zero-order valence-corrected chi connectivity index (χ0v) is 27.0. The third kappa shape index (κ3) is 3.75. The van der Waals surface area contributed by atoms with Crippen LogP contribution in [-0.2, 0) is 12.0 Å². The van der Waals surface area contributed by atoms with Crippen LogP contribution in [0.15, 0.2) is 121 Å². The molecule has 8 aromatic rings. The first-order chi connectivity index (χ1) is 22.5. The SMILES string of the molecule is CCC1(CC)Cc2ccc(-n3c4ccccc4c4cc5c6cc(C)ccc6n(-c6ccc(C)cc6)c5cc43)cc2-c2cccc[n+]21. The van der Waals surface area contributed by atoms with Crippen molar-refractivity contribution < 1.29 is 4.57 Å². The number of fused-ring (bicyclic) bond motifs is 9. The van der Waals surface area contributed by atoms with Crippen LogP contribution in [0.4, 0.5) is 0 Å². The number of hydrogen-bond acceptors (Lipinski definition) is 0. The fourth-order valence-electron chi connectivity index (χ4n) is 8.30. The Kier molecular flexibility index (Phi) is 5.86. The smallest absolute Gasteiger partial charge is 0.213 e. The molecular formula is C43H38N3+. The lowest BCUT2D eigenvalue weighted by Crippen LogP contribution is -2.60. The number of benzene rings is 5. The average Bonchev–Trinajstić information content (AvgIpc) is 3.58. The minimum atomic E-state index is 0.116. The number of rotatable bonds is 4. The molecule has 0 bridgehead atoms. The van der Waals surface area contributed by atoms with E-state index in [0.717, 1.165) is 19.3 Å². The topological polar surface area (TPSA) is 13.7 Å². The summed E-state index contributed by atoms with van der Waals surface area (Å²) < 4.78 is 7.48. The van der Waals surface area contributed by atoms with Gasteiger partial charge in [-0.05, 0) is 80.1 Å². The van der Waals surface area contributed by atoms with Gasteiger partial charge >= 0.3 is 0 Å². The van der Waals surface area contributed by atoms with Crippen LogP contribution < -0.4 is 4.57 Å². The maximum atomic E-state index is 2.55. The second-order valence-corrected chi connectivity index (χ2v) is 13.3. The third-order valence-corrected chi connectivity index (χ3v) is 10.8. The van der Waals surface area contributed by atoms with Crippen molar-refractivity contribution in [3.8, 4) is 22.6 Å². The second-order valence-electron chi connectivity index (χ2n) is 13.3. The van der Waals surface area contributed by atoms with Gasteiger partial charge in [0.15, 0.2) is 11.7 Å². The molecule has 3 heteroatoms. The third-order valence-electron chi connectivity index (χ3n) is 10.8. The summed E-state index contributed by atoms with van der Waals surface area (Å²) in [5.74, 6) is 0. The summed E-state index contributed by atoms with van der Waals surface area (Å²) in [5.41, 5.74) is 14.1. The van der Waals surface area contributed by atoms with E-state index in [-0.39, 0.29) is 5.54 Å². The number of pyridine rings is 1. The highest BCUT2D eigenvalue weighted by atomic mass is 15.1. The van der Waals surface area contributed by atoms with Crippen molar-refractivity contribution in [3.05, 3.63) is 138 Å². The van der Waals surface area contributed by atoms with Gasteiger partial charge in [-0.15, -0.1) is 0 Å². The van der Waals surface area contributed by atoms with Crippen molar-refractivity contribution in [2.24, 2.45) is 0 Å². The van der Waals surface area contributed by atoms with Crippen LogP contribution in [0.3, 0.4) is 0 Å². The second kappa shape index (κ2) is 9.92. The van der Waals surface area contributed by atoms with E-state index in [1.807, 2.05) is 0 Å². The van der Waals surface area contributed by atoms with Gasteiger partial charge in [0, 0.05) is 64.3 Å². The molecule has 0 radical (unpaired) electrons. The molecule has 0 aliphatic carbocycles. The zero-order valence-electron chi connectivity index (χ0n) is 27.0. The molecule has 3 nitrogen and oxygen atoms in total. The Balaban J connectivity index is 1.36. The first-order valence-electron chi connectivity index (χ1n) is 16.7. The maximum absolute atomic E-state index is 2.55. The van der Waals surface area contributed by atoms with Gasteiger partial charge in [-0.25, -0.2) is 0 Å². The summed E-state index contributed by atoms with van der Waals surface area (Å²) >= 11 is 0. The number of nitrogens with zero attached hydrogens (tertiary/aromatic N) is 3. The first-order valence-corrected chi connectivity index (χ1v) is 16.7. The van der Waals surface area contributed by atoms with Crippen molar-refractivity contribution in [2.75, 3.05) is 0 Å². The molecular weight excluding hydrogens is 558 g/mol. The standard InChI is InChI=1S/C43H38N3/c1-5-43(6-2)27-30-17-20-32(24-34(30)38-12-9-10-22-44(38)43)46-39-13-8-7-11-33(39)36-25-37-35-23-29(4)16-21-40(35)45(42(37)26-41(36)46)31-18-14-28(3)15-19-31/h7-26H,5-6,27H2,1-4H3/q+1. The fourth-order valence-corrected chi connectivity index (χ4v) is 8.30. The Morgan fingerprint density at radius 1 is 0.565 bits per heavy atom. The van der Waals surface area contributed by atoms with Gasteiger partial charge in [0.1, 0.15) is 0 Å². The van der Waals surface area contributed by atoms with Crippen LogP contribution in [0.2, 0.25) is 0 Å². The fraction of sp³-hybridized carbons (Fsp3) is 0.186. The monoisotopic (exact) mass is 596 g/mol. The highest BCUT2D eigenvalue weighted by Crippen LogP contribution is 2.42. The molecule has 0 saturated carbocycles. The van der Waals surface area contributed by atoms with Gasteiger partial charge in [0.05, 0.1) is 27.6 Å². The molecule has 0 N–H and O–H groups in total. The van der Waals surface area contributed by atoms with Gasteiger partial charge in [-0.1, -0.05) is 67.4 Å². The Labute approximate surface area is 270 Å². The quantitative estimate of drug-likeness (QED) is 0.179. The Morgan fingerprint density at radius 3 is 2.02 bits per heavy atom. The predicted molar refractivity (Wildman–Crippen MR) is 192 cm³/mol. The number of aryl methyl sites for hydroxylation is 2. The van der Waals surface area contributed by atoms with E-state index in [4.69, 9.17) is 0 Å². The molecule has 0 spiro atoms. The van der Waals surface area contributed by atoms with Crippen molar-refractivity contribution in [3.63, 3.8) is 0 Å². The molecule has 9 rings (SSSR count). The van der Waals surface area contributed by atoms with Crippen LogP contribution in [0.1, 0.15) is 43.4 Å². The van der Waals surface area contributed by atoms with Crippen molar-refractivity contribution in [2.45, 2.75) is 52.5 Å². The van der Waals surface area contributed by atoms with Crippen molar-refractivity contribution >= 4 is 43.6 Å². The highest BCUT2D eigenvalue weighted by Gasteiger charge is 2.43. The molecule has 0 saturated heterocycles. The summed E-state index contributed by atoms with van der Waals surface area (Å²) in [6.07, 6.45) is 5.58. The molecule has 0 fully saturated rings. The lowest BCUT2D eigenvalue weighted by atomic mass is 9.79. The van der Waals surface area contributed by atoms with Crippen LogP contribution >= 0.6 is 0 Å². The molecule has 4 heterocycles. The maximum Gasteiger partial charge on any atom is 0.213 e. The minimum Gasteiger partial charge on any atom is -0.309 e. The summed E-state index contributed by atoms with van der Waals surface area (Å²) in [7, 11) is 0. The Morgan fingerprint density at radius 2 is 1.22 bits per heavy atom. The van der Waals surface area contributed by atoms with Crippen molar-refractivity contribution in [1.82, 2.24) is 9.13 Å². The summed E-state index contributed by atoms with van der Waals surface area (Å²) in [6.45, 7) is 9.02. The molecule has 0 atom stereocenters. The molecule has 5 aromatic carbocycles. The molecule has 46 heavy (non-hydrogen) atoms. The predicted octanol–water partition coefficient (Wildman–Crippen LogP) is 10.5. The van der Waals surface area contributed by atoms with E-state index in [0.29, 0.717) is 0 Å². The number of aromatic nitrogens is 3. The molecule has 1 aliphatic heterocycles. The summed E-state index contributed by atoms with van der Waals surface area (Å²) in [6, 6.07) is 43.4. The van der Waals surface area contributed by atoms with E-state index in [1.165, 1.54) is 82.9 Å². The van der Waals surface area contributed by atoms with Crippen LogP contribution in [0.25, 0.3) is 66.2 Å². The van der Waals surface area contributed by atoms with Crippen LogP contribution in [0.5, 0.6) is 0 Å². The Hall–Kier alpha value is -5.15. The number of hydrogen-bond donors (Lipinski definition) is 0. The van der Waals surface area contributed by atoms with Crippen molar-refractivity contribution in [1.29, 1.82) is 0 Å². The largest absolute Gasteiger partial charge is 0.309 e. The number of para-hydroxylation sites is 1. The van der Waals surface area contributed by atoms with Gasteiger partial charge in [-0.3, -0.25) is 0 Å². The highest BCUT2D eigenvalue weighted by molar-refractivity contribution is 6.19. The summed E-state index contributed by atoms with van der Waals surface area (Å²) in [5, 5.41) is 5.16.